The average Bonchev–Trinajstić information content (AvgIpc) is 3.47. The van der Waals surface area contributed by atoms with Crippen molar-refractivity contribution in [1.82, 2.24) is 20.4 Å². The van der Waals surface area contributed by atoms with E-state index in [2.05, 4.69) is 17.2 Å². The fourth-order valence-electron chi connectivity index (χ4n) is 5.23. The van der Waals surface area contributed by atoms with Crippen molar-refractivity contribution in [2.75, 3.05) is 26.2 Å². The van der Waals surface area contributed by atoms with Crippen LogP contribution in [-0.4, -0.2) is 66.0 Å². The Labute approximate surface area is 213 Å². The first-order valence-electron chi connectivity index (χ1n) is 12.3. The van der Waals surface area contributed by atoms with E-state index in [-0.39, 0.29) is 47.9 Å². The maximum Gasteiger partial charge on any atom is 0.416 e. The van der Waals surface area contributed by atoms with E-state index in [1.165, 1.54) is 34.1 Å². The minimum Gasteiger partial charge on any atom is -0.376 e. The maximum atomic E-state index is 13.9. The Bertz CT molecular complexity index is 1110. The lowest BCUT2D eigenvalue weighted by atomic mass is 9.91. The molecule has 11 heteroatoms. The first kappa shape index (κ1) is 26.7. The number of hydrogen-bond donors (Lipinski definition) is 2. The number of carbonyl (C=O) groups is 3. The summed E-state index contributed by atoms with van der Waals surface area (Å²) in [7, 11) is 0. The van der Waals surface area contributed by atoms with Gasteiger partial charge in [-0.3, -0.25) is 14.5 Å². The quantitative estimate of drug-likeness (QED) is 0.515. The fraction of sp³-hybridized carbons (Fsp3) is 0.500. The molecule has 1 saturated heterocycles. The van der Waals surface area contributed by atoms with E-state index in [4.69, 9.17) is 4.74 Å². The zero-order valence-corrected chi connectivity index (χ0v) is 20.8. The highest BCUT2D eigenvalue weighted by Crippen LogP contribution is 2.42. The second-order valence-corrected chi connectivity index (χ2v) is 9.73. The summed E-state index contributed by atoms with van der Waals surface area (Å²) in [5.74, 6) is -1.26. The zero-order valence-electron chi connectivity index (χ0n) is 20.8. The van der Waals surface area contributed by atoms with Crippen LogP contribution in [0.15, 0.2) is 48.2 Å². The van der Waals surface area contributed by atoms with Gasteiger partial charge in [-0.2, -0.15) is 13.2 Å². The first-order chi connectivity index (χ1) is 17.5. The lowest BCUT2D eigenvalue weighted by Gasteiger charge is -2.33. The molecule has 0 bridgehead atoms. The first-order valence-corrected chi connectivity index (χ1v) is 12.3. The van der Waals surface area contributed by atoms with Crippen LogP contribution in [0.2, 0.25) is 0 Å². The topological polar surface area (TPSA) is 91.0 Å². The molecule has 1 aromatic carbocycles. The van der Waals surface area contributed by atoms with E-state index in [1.807, 2.05) is 0 Å². The van der Waals surface area contributed by atoms with Crippen LogP contribution in [0.3, 0.4) is 0 Å². The summed E-state index contributed by atoms with van der Waals surface area (Å²) in [6.07, 6.45) is -1.57. The lowest BCUT2D eigenvalue weighted by molar-refractivity contribution is -0.139. The van der Waals surface area contributed by atoms with Crippen LogP contribution in [0.25, 0.3) is 0 Å². The van der Waals surface area contributed by atoms with Crippen molar-refractivity contribution < 1.29 is 32.3 Å². The molecule has 1 fully saturated rings. The summed E-state index contributed by atoms with van der Waals surface area (Å²) in [5.41, 5.74) is -0.873. The highest BCUT2D eigenvalue weighted by Gasteiger charge is 2.49. The number of halogens is 3. The van der Waals surface area contributed by atoms with Crippen LogP contribution in [-0.2, 0) is 20.5 Å². The number of alkyl halides is 3. The molecule has 4 rings (SSSR count). The summed E-state index contributed by atoms with van der Waals surface area (Å²) < 4.78 is 47.1. The number of ether oxygens (including phenoxy) is 1. The van der Waals surface area contributed by atoms with Gasteiger partial charge in [0.05, 0.1) is 35.5 Å². The third-order valence-electron chi connectivity index (χ3n) is 6.90. The smallest absolute Gasteiger partial charge is 0.376 e. The molecule has 0 saturated carbocycles. The Morgan fingerprint density at radius 1 is 1.30 bits per heavy atom. The lowest BCUT2D eigenvalue weighted by Crippen LogP contribution is -2.52. The van der Waals surface area contributed by atoms with Gasteiger partial charge in [-0.15, -0.1) is 6.58 Å². The summed E-state index contributed by atoms with van der Waals surface area (Å²) in [6, 6.07) is 2.02. The van der Waals surface area contributed by atoms with E-state index < -0.39 is 35.8 Å². The summed E-state index contributed by atoms with van der Waals surface area (Å²) >= 11 is 0. The molecule has 37 heavy (non-hydrogen) atoms. The third kappa shape index (κ3) is 5.22. The average molecular weight is 521 g/mol. The summed E-state index contributed by atoms with van der Waals surface area (Å²) in [6.45, 7) is 8.15. The molecule has 4 amide bonds. The zero-order chi connectivity index (χ0) is 26.9. The molecule has 3 heterocycles. The molecule has 3 atom stereocenters. The van der Waals surface area contributed by atoms with Crippen molar-refractivity contribution in [3.8, 4) is 0 Å². The number of rotatable bonds is 8. The van der Waals surface area contributed by atoms with Crippen LogP contribution in [0.1, 0.15) is 43.9 Å². The largest absolute Gasteiger partial charge is 0.416 e. The second-order valence-electron chi connectivity index (χ2n) is 9.73. The Morgan fingerprint density at radius 3 is 2.65 bits per heavy atom. The van der Waals surface area contributed by atoms with E-state index >= 15 is 0 Å². The van der Waals surface area contributed by atoms with Crippen molar-refractivity contribution in [2.45, 2.75) is 51.1 Å². The molecule has 3 aliphatic rings. The SMILES string of the molecule is C=CCN1C(=O)NC(c2ccccc2C(F)(F)F)C2=C1CN(C(C(=O)NCC1CCCO1)C(C)C)C2=O. The van der Waals surface area contributed by atoms with Gasteiger partial charge >= 0.3 is 12.2 Å². The van der Waals surface area contributed by atoms with Crippen LogP contribution in [0.4, 0.5) is 18.0 Å². The van der Waals surface area contributed by atoms with E-state index in [9.17, 15) is 27.6 Å². The number of nitrogens with one attached hydrogen (secondary N) is 2. The molecule has 3 aliphatic heterocycles. The minimum atomic E-state index is -4.69. The number of benzene rings is 1. The molecule has 0 aliphatic carbocycles. The predicted octanol–water partition coefficient (Wildman–Crippen LogP) is 3.37. The van der Waals surface area contributed by atoms with Gasteiger partial charge in [-0.1, -0.05) is 38.1 Å². The van der Waals surface area contributed by atoms with Crippen LogP contribution < -0.4 is 10.6 Å². The van der Waals surface area contributed by atoms with Crippen molar-refractivity contribution in [2.24, 2.45) is 5.92 Å². The highest BCUT2D eigenvalue weighted by atomic mass is 19.4. The molecule has 2 N–H and O–H groups in total. The fourth-order valence-corrected chi connectivity index (χ4v) is 5.23. The Hall–Kier alpha value is -3.34. The Balaban J connectivity index is 1.70. The van der Waals surface area contributed by atoms with Crippen LogP contribution in [0.5, 0.6) is 0 Å². The molecular weight excluding hydrogens is 489 g/mol. The van der Waals surface area contributed by atoms with Gasteiger partial charge in [0, 0.05) is 19.7 Å². The van der Waals surface area contributed by atoms with E-state index in [1.54, 1.807) is 13.8 Å². The standard InChI is InChI=1S/C26H31F3N4O4/c1-4-11-32-19-14-33(22(15(2)3)23(34)30-13-16-8-7-12-37-16)24(35)20(19)21(31-25(32)36)17-9-5-6-10-18(17)26(27,28)29/h4-6,9-10,15-16,21-22H,1,7-8,11-14H2,2-3H3,(H,30,34)(H,31,36). The van der Waals surface area contributed by atoms with E-state index in [0.717, 1.165) is 18.9 Å². The van der Waals surface area contributed by atoms with Crippen molar-refractivity contribution in [3.05, 3.63) is 59.3 Å². The number of amides is 4. The van der Waals surface area contributed by atoms with Crippen molar-refractivity contribution >= 4 is 17.8 Å². The molecule has 3 unspecified atom stereocenters. The van der Waals surface area contributed by atoms with Gasteiger partial charge in [-0.05, 0) is 30.4 Å². The van der Waals surface area contributed by atoms with Gasteiger partial charge in [0.2, 0.25) is 5.91 Å². The molecule has 0 radical (unpaired) electrons. The van der Waals surface area contributed by atoms with Gasteiger partial charge in [-0.25, -0.2) is 4.79 Å². The second kappa shape index (κ2) is 10.6. The monoisotopic (exact) mass is 520 g/mol. The number of carbonyl (C=O) groups excluding carboxylic acids is 3. The van der Waals surface area contributed by atoms with Crippen LogP contribution >= 0.6 is 0 Å². The minimum absolute atomic E-state index is 0.0238. The predicted molar refractivity (Wildman–Crippen MR) is 129 cm³/mol. The summed E-state index contributed by atoms with van der Waals surface area (Å²) in [4.78, 5) is 42.7. The van der Waals surface area contributed by atoms with Gasteiger partial charge in [0.25, 0.3) is 5.91 Å². The number of nitrogens with zero attached hydrogens (tertiary/aromatic N) is 2. The Kier molecular flexibility index (Phi) is 7.63. The molecule has 0 spiro atoms. The number of hydrogen-bond acceptors (Lipinski definition) is 4. The van der Waals surface area contributed by atoms with Gasteiger partial charge in [0.1, 0.15) is 6.04 Å². The molecular formula is C26H31F3N4O4. The van der Waals surface area contributed by atoms with Gasteiger partial charge in [0.15, 0.2) is 0 Å². The van der Waals surface area contributed by atoms with E-state index in [0.29, 0.717) is 13.2 Å². The molecule has 200 valence electrons. The van der Waals surface area contributed by atoms with Gasteiger partial charge < -0.3 is 20.3 Å². The summed E-state index contributed by atoms with van der Waals surface area (Å²) in [5, 5.41) is 5.44. The number of urea groups is 1. The maximum absolute atomic E-state index is 13.9. The molecule has 1 aromatic rings. The van der Waals surface area contributed by atoms with Crippen molar-refractivity contribution in [1.29, 1.82) is 0 Å². The molecule has 8 nitrogen and oxygen atoms in total. The molecule has 0 aromatic heterocycles. The van der Waals surface area contributed by atoms with Crippen molar-refractivity contribution in [3.63, 3.8) is 0 Å². The Morgan fingerprint density at radius 2 is 2.03 bits per heavy atom. The third-order valence-corrected chi connectivity index (χ3v) is 6.90. The highest BCUT2D eigenvalue weighted by molar-refractivity contribution is 6.03. The van der Waals surface area contributed by atoms with Crippen LogP contribution in [0, 0.1) is 5.92 Å². The normalized spacial score (nSPS) is 22.9.